The number of thiazole rings is 1. The Balaban J connectivity index is 1.73. The SMILES string of the molecule is COc1nc(N(C)C)sc1/C=N/N=C1c2ccccc2-c2ccccc21. The van der Waals surface area contributed by atoms with Gasteiger partial charge in [0.25, 0.3) is 0 Å². The predicted octanol–water partition coefficient (Wildman–Crippen LogP) is 4.07. The van der Waals surface area contributed by atoms with Crippen LogP contribution in [0.1, 0.15) is 16.0 Å². The first-order valence-electron chi connectivity index (χ1n) is 8.21. The molecule has 0 fully saturated rings. The molecule has 0 N–H and O–H groups in total. The van der Waals surface area contributed by atoms with Gasteiger partial charge >= 0.3 is 0 Å². The normalized spacial score (nSPS) is 12.2. The molecule has 1 aliphatic carbocycles. The van der Waals surface area contributed by atoms with Crippen molar-refractivity contribution in [2.24, 2.45) is 10.2 Å². The molecule has 26 heavy (non-hydrogen) atoms. The van der Waals surface area contributed by atoms with Crippen LogP contribution in [0.2, 0.25) is 0 Å². The van der Waals surface area contributed by atoms with Crippen LogP contribution in [0.15, 0.2) is 58.7 Å². The molecule has 1 aliphatic rings. The number of ether oxygens (including phenoxy) is 1. The fraction of sp³-hybridized carbons (Fsp3) is 0.150. The molecule has 0 atom stereocenters. The standard InChI is InChI=1S/C20H18N4OS/c1-24(2)20-22-19(25-3)17(26-20)12-21-23-18-15-10-6-4-8-13(15)14-9-5-7-11-16(14)18/h4-12H,1-3H3/b21-12+. The van der Waals surface area contributed by atoms with E-state index in [0.29, 0.717) is 5.88 Å². The van der Waals surface area contributed by atoms with E-state index < -0.39 is 0 Å². The van der Waals surface area contributed by atoms with Gasteiger partial charge in [0.05, 0.1) is 13.3 Å². The fourth-order valence-corrected chi connectivity index (χ4v) is 3.79. The molecule has 130 valence electrons. The van der Waals surface area contributed by atoms with Gasteiger partial charge in [0, 0.05) is 25.2 Å². The molecule has 0 bridgehead atoms. The van der Waals surface area contributed by atoms with Gasteiger partial charge in [-0.05, 0) is 11.1 Å². The van der Waals surface area contributed by atoms with Crippen molar-refractivity contribution in [2.75, 3.05) is 26.1 Å². The number of anilines is 1. The van der Waals surface area contributed by atoms with Gasteiger partial charge < -0.3 is 9.64 Å². The van der Waals surface area contributed by atoms with Crippen LogP contribution in [0, 0.1) is 0 Å². The number of rotatable bonds is 4. The Morgan fingerprint density at radius 2 is 1.54 bits per heavy atom. The molecule has 0 aliphatic heterocycles. The van der Waals surface area contributed by atoms with E-state index in [1.165, 1.54) is 22.5 Å². The van der Waals surface area contributed by atoms with Crippen molar-refractivity contribution >= 4 is 28.4 Å². The molecule has 1 heterocycles. The smallest absolute Gasteiger partial charge is 0.235 e. The molecule has 1 aromatic heterocycles. The highest BCUT2D eigenvalue weighted by molar-refractivity contribution is 7.17. The van der Waals surface area contributed by atoms with Crippen LogP contribution in [0.4, 0.5) is 5.13 Å². The minimum Gasteiger partial charge on any atom is -0.480 e. The predicted molar refractivity (Wildman–Crippen MR) is 108 cm³/mol. The number of fused-ring (bicyclic) bond motifs is 3. The third kappa shape index (κ3) is 2.78. The minimum atomic E-state index is 0.565. The maximum Gasteiger partial charge on any atom is 0.235 e. The summed E-state index contributed by atoms with van der Waals surface area (Å²) in [6.07, 6.45) is 1.71. The van der Waals surface area contributed by atoms with E-state index >= 15 is 0 Å². The largest absolute Gasteiger partial charge is 0.480 e. The summed E-state index contributed by atoms with van der Waals surface area (Å²) in [6.45, 7) is 0. The summed E-state index contributed by atoms with van der Waals surface area (Å²) in [4.78, 5) is 7.22. The van der Waals surface area contributed by atoms with Crippen molar-refractivity contribution < 1.29 is 4.74 Å². The molecule has 0 unspecified atom stereocenters. The van der Waals surface area contributed by atoms with Gasteiger partial charge in [-0.2, -0.15) is 10.1 Å². The van der Waals surface area contributed by atoms with E-state index in [1.54, 1.807) is 13.3 Å². The zero-order valence-corrected chi connectivity index (χ0v) is 15.6. The van der Waals surface area contributed by atoms with E-state index in [9.17, 15) is 0 Å². The first-order valence-corrected chi connectivity index (χ1v) is 9.03. The van der Waals surface area contributed by atoms with E-state index in [2.05, 4.69) is 39.5 Å². The van der Waals surface area contributed by atoms with Crippen LogP contribution >= 0.6 is 11.3 Å². The summed E-state index contributed by atoms with van der Waals surface area (Å²) in [5.74, 6) is 0.565. The zero-order chi connectivity index (χ0) is 18.1. The summed E-state index contributed by atoms with van der Waals surface area (Å²) in [7, 11) is 5.51. The Kier molecular flexibility index (Phi) is 4.26. The van der Waals surface area contributed by atoms with Gasteiger partial charge in [-0.1, -0.05) is 59.9 Å². The average Bonchev–Trinajstić information content (AvgIpc) is 3.22. The number of nitrogens with zero attached hydrogens (tertiary/aromatic N) is 4. The molecule has 0 amide bonds. The maximum atomic E-state index is 5.34. The first kappa shape index (κ1) is 16.5. The second kappa shape index (κ2) is 6.72. The van der Waals surface area contributed by atoms with Crippen molar-refractivity contribution in [3.05, 3.63) is 64.5 Å². The maximum absolute atomic E-state index is 5.34. The summed E-state index contributed by atoms with van der Waals surface area (Å²) in [5, 5.41) is 9.73. The Hall–Kier alpha value is -2.99. The van der Waals surface area contributed by atoms with E-state index in [4.69, 9.17) is 4.74 Å². The van der Waals surface area contributed by atoms with Crippen LogP contribution in [-0.2, 0) is 0 Å². The molecular formula is C20H18N4OS. The quantitative estimate of drug-likeness (QED) is 0.406. The van der Waals surface area contributed by atoms with Crippen LogP contribution in [-0.4, -0.2) is 38.1 Å². The second-order valence-corrected chi connectivity index (χ2v) is 7.06. The Bertz CT molecular complexity index is 973. The molecule has 5 nitrogen and oxygen atoms in total. The highest BCUT2D eigenvalue weighted by Crippen LogP contribution is 2.36. The van der Waals surface area contributed by atoms with E-state index in [1.807, 2.05) is 43.3 Å². The number of hydrogen-bond donors (Lipinski definition) is 0. The minimum absolute atomic E-state index is 0.565. The van der Waals surface area contributed by atoms with Crippen molar-refractivity contribution in [1.82, 2.24) is 4.98 Å². The monoisotopic (exact) mass is 362 g/mol. The third-order valence-electron chi connectivity index (χ3n) is 4.17. The van der Waals surface area contributed by atoms with Gasteiger partial charge in [0.15, 0.2) is 5.13 Å². The molecule has 6 heteroatoms. The summed E-state index contributed by atoms with van der Waals surface area (Å²) in [5.41, 5.74) is 5.50. The van der Waals surface area contributed by atoms with Crippen LogP contribution < -0.4 is 9.64 Å². The summed E-state index contributed by atoms with van der Waals surface area (Å²) < 4.78 is 5.34. The lowest BCUT2D eigenvalue weighted by Gasteiger charge is -2.04. The van der Waals surface area contributed by atoms with E-state index in [0.717, 1.165) is 26.8 Å². The van der Waals surface area contributed by atoms with Crippen LogP contribution in [0.5, 0.6) is 5.88 Å². The van der Waals surface area contributed by atoms with Crippen molar-refractivity contribution in [2.45, 2.75) is 0 Å². The fourth-order valence-electron chi connectivity index (χ4n) is 2.97. The number of aromatic nitrogens is 1. The Labute approximate surface area is 156 Å². The Morgan fingerprint density at radius 1 is 0.962 bits per heavy atom. The van der Waals surface area contributed by atoms with Gasteiger partial charge in [-0.3, -0.25) is 0 Å². The van der Waals surface area contributed by atoms with Crippen molar-refractivity contribution in [1.29, 1.82) is 0 Å². The highest BCUT2D eigenvalue weighted by atomic mass is 32.1. The molecule has 0 saturated heterocycles. The molecule has 0 saturated carbocycles. The first-order chi connectivity index (χ1) is 12.7. The van der Waals surface area contributed by atoms with Gasteiger partial charge in [0.2, 0.25) is 5.88 Å². The van der Waals surface area contributed by atoms with E-state index in [-0.39, 0.29) is 0 Å². The number of methoxy groups -OCH3 is 1. The van der Waals surface area contributed by atoms with Crippen molar-refractivity contribution in [3.63, 3.8) is 0 Å². The van der Waals surface area contributed by atoms with Crippen LogP contribution in [0.3, 0.4) is 0 Å². The molecule has 3 aromatic rings. The van der Waals surface area contributed by atoms with Gasteiger partial charge in [0.1, 0.15) is 10.6 Å². The average molecular weight is 362 g/mol. The topological polar surface area (TPSA) is 50.1 Å². The molecule has 4 rings (SSSR count). The number of hydrogen-bond acceptors (Lipinski definition) is 6. The molecular weight excluding hydrogens is 344 g/mol. The lowest BCUT2D eigenvalue weighted by atomic mass is 10.1. The summed E-state index contributed by atoms with van der Waals surface area (Å²) >= 11 is 1.52. The highest BCUT2D eigenvalue weighted by Gasteiger charge is 2.23. The van der Waals surface area contributed by atoms with Crippen LogP contribution in [0.25, 0.3) is 11.1 Å². The third-order valence-corrected chi connectivity index (χ3v) is 5.31. The zero-order valence-electron chi connectivity index (χ0n) is 14.8. The van der Waals surface area contributed by atoms with Crippen molar-refractivity contribution in [3.8, 4) is 17.0 Å². The lowest BCUT2D eigenvalue weighted by Crippen LogP contribution is -2.07. The molecule has 0 radical (unpaired) electrons. The molecule has 2 aromatic carbocycles. The Morgan fingerprint density at radius 3 is 2.08 bits per heavy atom. The number of benzene rings is 2. The second-order valence-electron chi connectivity index (χ2n) is 6.05. The molecule has 0 spiro atoms. The lowest BCUT2D eigenvalue weighted by molar-refractivity contribution is 0.400. The van der Waals surface area contributed by atoms with Gasteiger partial charge in [-0.25, -0.2) is 0 Å². The summed E-state index contributed by atoms with van der Waals surface area (Å²) in [6, 6.07) is 16.6. The van der Waals surface area contributed by atoms with Gasteiger partial charge in [-0.15, -0.1) is 5.10 Å².